The van der Waals surface area contributed by atoms with E-state index >= 15 is 0 Å². The third-order valence-electron chi connectivity index (χ3n) is 4.18. The van der Waals surface area contributed by atoms with Crippen LogP contribution in [0.4, 0.5) is 10.5 Å². The molecule has 4 nitrogen and oxygen atoms in total. The highest BCUT2D eigenvalue weighted by atomic mass is 16.6. The van der Waals surface area contributed by atoms with E-state index in [1.165, 1.54) is 16.7 Å². The normalized spacial score (nSPS) is 20.3. The highest BCUT2D eigenvalue weighted by Gasteiger charge is 2.28. The lowest BCUT2D eigenvalue weighted by atomic mass is 9.89. The molecule has 0 saturated carbocycles. The summed E-state index contributed by atoms with van der Waals surface area (Å²) in [6, 6.07) is 6.43. The largest absolute Gasteiger partial charge is 0.444 e. The third-order valence-corrected chi connectivity index (χ3v) is 4.18. The summed E-state index contributed by atoms with van der Waals surface area (Å²) in [4.78, 5) is 18.4. The molecule has 1 aromatic carbocycles. The average Bonchev–Trinajstić information content (AvgIpc) is 2.88. The van der Waals surface area contributed by atoms with Crippen LogP contribution in [0.25, 0.3) is 0 Å². The Morgan fingerprint density at radius 2 is 2.13 bits per heavy atom. The number of amides is 1. The van der Waals surface area contributed by atoms with Gasteiger partial charge in [0.1, 0.15) is 5.60 Å². The fourth-order valence-electron chi connectivity index (χ4n) is 3.02. The van der Waals surface area contributed by atoms with E-state index in [-0.39, 0.29) is 12.0 Å². The van der Waals surface area contributed by atoms with E-state index in [4.69, 9.17) is 4.74 Å². The van der Waals surface area contributed by atoms with Crippen molar-refractivity contribution in [3.63, 3.8) is 0 Å². The summed E-state index contributed by atoms with van der Waals surface area (Å²) in [7, 11) is 0. The standard InChI is InChI=1S/C19H24N2O2/c1-13-5-6-15-16(12-20-17(15)11-13)14-7-9-21(10-8-14)18(22)23-19(2,3)4/h5-7,11-12,16H,8-10H2,1-4H3/t16-/m0/s1. The molecule has 2 aliphatic rings. The number of rotatable bonds is 1. The first-order valence-corrected chi connectivity index (χ1v) is 8.15. The van der Waals surface area contributed by atoms with Crippen LogP contribution >= 0.6 is 0 Å². The van der Waals surface area contributed by atoms with Gasteiger partial charge in [-0.25, -0.2) is 4.79 Å². The van der Waals surface area contributed by atoms with Gasteiger partial charge in [0, 0.05) is 25.2 Å². The first kappa shape index (κ1) is 15.8. The van der Waals surface area contributed by atoms with Crippen LogP contribution in [-0.4, -0.2) is 35.9 Å². The maximum atomic E-state index is 12.1. The van der Waals surface area contributed by atoms with Gasteiger partial charge >= 0.3 is 6.09 Å². The van der Waals surface area contributed by atoms with Crippen LogP contribution in [0.2, 0.25) is 0 Å². The highest BCUT2D eigenvalue weighted by molar-refractivity contribution is 5.84. The van der Waals surface area contributed by atoms with Gasteiger partial charge in [-0.3, -0.25) is 4.99 Å². The Balaban J connectivity index is 1.69. The lowest BCUT2D eigenvalue weighted by molar-refractivity contribution is 0.0265. The summed E-state index contributed by atoms with van der Waals surface area (Å²) in [5, 5.41) is 0. The summed E-state index contributed by atoms with van der Waals surface area (Å²) in [6.45, 7) is 9.07. The van der Waals surface area contributed by atoms with Gasteiger partial charge < -0.3 is 9.64 Å². The summed E-state index contributed by atoms with van der Waals surface area (Å²) in [5.41, 5.74) is 4.47. The number of aryl methyl sites for hydroxylation is 1. The number of hydrogen-bond acceptors (Lipinski definition) is 3. The molecule has 0 unspecified atom stereocenters. The van der Waals surface area contributed by atoms with Crippen molar-refractivity contribution in [2.75, 3.05) is 13.1 Å². The van der Waals surface area contributed by atoms with E-state index in [0.717, 1.165) is 12.1 Å². The van der Waals surface area contributed by atoms with Gasteiger partial charge in [0.15, 0.2) is 0 Å². The molecule has 2 heterocycles. The van der Waals surface area contributed by atoms with Gasteiger partial charge in [-0.2, -0.15) is 0 Å². The molecular formula is C19H24N2O2. The number of ether oxygens (including phenoxy) is 1. The molecule has 0 bridgehead atoms. The number of fused-ring (bicyclic) bond motifs is 1. The lowest BCUT2D eigenvalue weighted by Crippen LogP contribution is -2.39. The van der Waals surface area contributed by atoms with Gasteiger partial charge in [0.05, 0.1) is 5.69 Å². The van der Waals surface area contributed by atoms with E-state index in [1.807, 2.05) is 27.0 Å². The second-order valence-electron chi connectivity index (χ2n) is 7.27. The molecule has 0 saturated heterocycles. The highest BCUT2D eigenvalue weighted by Crippen LogP contribution is 2.38. The van der Waals surface area contributed by atoms with Crippen LogP contribution in [0.5, 0.6) is 0 Å². The predicted octanol–water partition coefficient (Wildman–Crippen LogP) is 4.36. The fourth-order valence-corrected chi connectivity index (χ4v) is 3.02. The van der Waals surface area contributed by atoms with E-state index in [1.54, 1.807) is 4.90 Å². The van der Waals surface area contributed by atoms with Crippen LogP contribution in [0, 0.1) is 6.92 Å². The van der Waals surface area contributed by atoms with Crippen LogP contribution in [0.1, 0.15) is 44.2 Å². The number of carbonyl (C=O) groups is 1. The van der Waals surface area contributed by atoms with Gasteiger partial charge in [-0.05, 0) is 51.3 Å². The van der Waals surface area contributed by atoms with Crippen LogP contribution in [0.3, 0.4) is 0 Å². The van der Waals surface area contributed by atoms with Crippen LogP contribution in [-0.2, 0) is 4.74 Å². The number of benzene rings is 1. The number of nitrogens with zero attached hydrogens (tertiary/aromatic N) is 2. The first-order chi connectivity index (χ1) is 10.8. The van der Waals surface area contributed by atoms with E-state index in [2.05, 4.69) is 36.2 Å². The Morgan fingerprint density at radius 3 is 2.78 bits per heavy atom. The molecule has 1 amide bonds. The zero-order chi connectivity index (χ0) is 16.6. The van der Waals surface area contributed by atoms with Gasteiger partial charge in [0.25, 0.3) is 0 Å². The number of carbonyl (C=O) groups excluding carboxylic acids is 1. The molecular weight excluding hydrogens is 288 g/mol. The first-order valence-electron chi connectivity index (χ1n) is 8.15. The second kappa shape index (κ2) is 5.84. The maximum Gasteiger partial charge on any atom is 0.410 e. The SMILES string of the molecule is Cc1ccc2c(c1)N=C[C@H]2C1=CCN(C(=O)OC(C)(C)C)CC1. The summed E-state index contributed by atoms with van der Waals surface area (Å²) >= 11 is 0. The molecule has 0 fully saturated rings. The van der Waals surface area contributed by atoms with E-state index in [9.17, 15) is 4.79 Å². The van der Waals surface area contributed by atoms with Crippen molar-refractivity contribution in [1.29, 1.82) is 0 Å². The van der Waals surface area contributed by atoms with E-state index < -0.39 is 5.60 Å². The summed E-state index contributed by atoms with van der Waals surface area (Å²) in [5.74, 6) is 0.256. The molecule has 0 N–H and O–H groups in total. The molecule has 122 valence electrons. The average molecular weight is 312 g/mol. The Kier molecular flexibility index (Phi) is 4.00. The minimum Gasteiger partial charge on any atom is -0.444 e. The van der Waals surface area contributed by atoms with Crippen molar-refractivity contribution in [1.82, 2.24) is 4.90 Å². The zero-order valence-corrected chi connectivity index (χ0v) is 14.3. The predicted molar refractivity (Wildman–Crippen MR) is 92.6 cm³/mol. The molecule has 0 radical (unpaired) electrons. The molecule has 1 aromatic rings. The van der Waals surface area contributed by atoms with Crippen molar-refractivity contribution in [2.45, 2.75) is 45.6 Å². The molecule has 0 aliphatic carbocycles. The monoisotopic (exact) mass is 312 g/mol. The molecule has 23 heavy (non-hydrogen) atoms. The topological polar surface area (TPSA) is 41.9 Å². The van der Waals surface area contributed by atoms with Crippen molar-refractivity contribution in [2.24, 2.45) is 4.99 Å². The minimum atomic E-state index is -0.448. The van der Waals surface area contributed by atoms with E-state index in [0.29, 0.717) is 13.1 Å². The summed E-state index contributed by atoms with van der Waals surface area (Å²) < 4.78 is 5.44. The Bertz CT molecular complexity index is 683. The second-order valence-corrected chi connectivity index (χ2v) is 7.27. The molecule has 0 spiro atoms. The molecule has 1 atom stereocenters. The molecule has 0 aromatic heterocycles. The third kappa shape index (κ3) is 3.46. The van der Waals surface area contributed by atoms with Crippen molar-refractivity contribution >= 4 is 18.0 Å². The lowest BCUT2D eigenvalue weighted by Gasteiger charge is -2.30. The molecule has 3 rings (SSSR count). The number of aliphatic imine (C=N–C) groups is 1. The van der Waals surface area contributed by atoms with Gasteiger partial charge in [-0.15, -0.1) is 0 Å². The fraction of sp³-hybridized carbons (Fsp3) is 0.474. The Hall–Kier alpha value is -2.10. The minimum absolute atomic E-state index is 0.232. The van der Waals surface area contributed by atoms with Gasteiger partial charge in [0.2, 0.25) is 0 Å². The van der Waals surface area contributed by atoms with Crippen molar-refractivity contribution in [3.05, 3.63) is 41.0 Å². The number of hydrogen-bond donors (Lipinski definition) is 0. The zero-order valence-electron chi connectivity index (χ0n) is 14.3. The van der Waals surface area contributed by atoms with Crippen molar-refractivity contribution < 1.29 is 9.53 Å². The summed E-state index contributed by atoms with van der Waals surface area (Å²) in [6.07, 6.45) is 4.81. The Morgan fingerprint density at radius 1 is 1.35 bits per heavy atom. The maximum absolute atomic E-state index is 12.1. The van der Waals surface area contributed by atoms with Crippen molar-refractivity contribution in [3.8, 4) is 0 Å². The van der Waals surface area contributed by atoms with Crippen LogP contribution in [0.15, 0.2) is 34.8 Å². The smallest absolute Gasteiger partial charge is 0.410 e. The Labute approximate surface area is 137 Å². The quantitative estimate of drug-likeness (QED) is 0.723. The van der Waals surface area contributed by atoms with Gasteiger partial charge in [-0.1, -0.05) is 23.8 Å². The molecule has 2 aliphatic heterocycles. The molecule has 4 heteroatoms. The van der Waals surface area contributed by atoms with Crippen LogP contribution < -0.4 is 0 Å².